The molecule has 0 bridgehead atoms. The molecule has 0 spiro atoms. The van der Waals surface area contributed by atoms with E-state index in [0.717, 1.165) is 0 Å². The van der Waals surface area contributed by atoms with Crippen LogP contribution < -0.4 is 0 Å². The lowest BCUT2D eigenvalue weighted by Crippen LogP contribution is -2.44. The van der Waals surface area contributed by atoms with Gasteiger partial charge in [-0.3, -0.25) is 0 Å². The van der Waals surface area contributed by atoms with Gasteiger partial charge in [-0.1, -0.05) is 19.8 Å². The van der Waals surface area contributed by atoms with Crippen LogP contribution in [-0.2, 0) is 14.2 Å². The van der Waals surface area contributed by atoms with E-state index in [1.807, 2.05) is 34.6 Å². The highest BCUT2D eigenvalue weighted by molar-refractivity contribution is 7.09. The lowest BCUT2D eigenvalue weighted by molar-refractivity contribution is 0.00220. The quantitative estimate of drug-likeness (QED) is 0.435. The van der Waals surface area contributed by atoms with E-state index < -0.39 is 23.8 Å². The monoisotopic (exact) mass is 424 g/mol. The van der Waals surface area contributed by atoms with E-state index in [9.17, 15) is 9.59 Å². The topological polar surface area (TPSA) is 78.0 Å². The van der Waals surface area contributed by atoms with Crippen molar-refractivity contribution in [3.8, 4) is 12.3 Å². The number of ether oxygens (including phenoxy) is 3. The summed E-state index contributed by atoms with van der Waals surface area (Å²) in [4.78, 5) is 30.5. The van der Waals surface area contributed by atoms with Crippen molar-refractivity contribution in [1.29, 1.82) is 0 Å². The molecule has 0 aliphatic carbocycles. The maximum absolute atomic E-state index is 12.6. The molecule has 0 aliphatic rings. The minimum atomic E-state index is -0.587. The highest BCUT2D eigenvalue weighted by Crippen LogP contribution is 2.30. The highest BCUT2D eigenvalue weighted by Gasteiger charge is 2.31. The first-order valence-corrected chi connectivity index (χ1v) is 10.5. The number of thiazole rings is 1. The predicted octanol–water partition coefficient (Wildman–Crippen LogP) is 4.29. The van der Waals surface area contributed by atoms with Crippen molar-refractivity contribution in [2.24, 2.45) is 5.92 Å². The van der Waals surface area contributed by atoms with Crippen LogP contribution in [0.15, 0.2) is 5.38 Å². The van der Waals surface area contributed by atoms with Crippen molar-refractivity contribution >= 4 is 23.4 Å². The zero-order valence-electron chi connectivity index (χ0n) is 18.4. The molecule has 2 atom stereocenters. The lowest BCUT2D eigenvalue weighted by Gasteiger charge is -2.34. The van der Waals surface area contributed by atoms with Gasteiger partial charge in [0.15, 0.2) is 5.69 Å². The van der Waals surface area contributed by atoms with Crippen LogP contribution in [0.5, 0.6) is 0 Å². The van der Waals surface area contributed by atoms with Crippen molar-refractivity contribution in [2.75, 3.05) is 20.3 Å². The molecule has 0 N–H and O–H groups in total. The third-order valence-corrected chi connectivity index (χ3v) is 4.99. The second-order valence-electron chi connectivity index (χ2n) is 7.93. The van der Waals surface area contributed by atoms with E-state index in [1.54, 1.807) is 24.3 Å². The molecule has 1 amide bonds. The first kappa shape index (κ1) is 24.9. The maximum Gasteiger partial charge on any atom is 0.410 e. The Morgan fingerprint density at radius 2 is 2.00 bits per heavy atom. The number of hydrogen-bond acceptors (Lipinski definition) is 7. The molecule has 0 fully saturated rings. The van der Waals surface area contributed by atoms with E-state index >= 15 is 0 Å². The number of hydrogen-bond donors (Lipinski definition) is 0. The summed E-state index contributed by atoms with van der Waals surface area (Å²) in [5, 5.41) is 2.26. The van der Waals surface area contributed by atoms with Gasteiger partial charge in [0.25, 0.3) is 0 Å². The Morgan fingerprint density at radius 1 is 1.34 bits per heavy atom. The second-order valence-corrected chi connectivity index (χ2v) is 8.82. The molecule has 29 heavy (non-hydrogen) atoms. The summed E-state index contributed by atoms with van der Waals surface area (Å²) in [6, 6.07) is -0.178. The zero-order valence-corrected chi connectivity index (χ0v) is 19.2. The summed E-state index contributed by atoms with van der Waals surface area (Å²) >= 11 is 1.31. The van der Waals surface area contributed by atoms with E-state index in [-0.39, 0.29) is 30.9 Å². The van der Waals surface area contributed by atoms with E-state index in [4.69, 9.17) is 20.6 Å². The molecule has 162 valence electrons. The van der Waals surface area contributed by atoms with Gasteiger partial charge in [-0.2, -0.15) is 0 Å². The summed E-state index contributed by atoms with van der Waals surface area (Å²) in [6.45, 7) is 11.6. The van der Waals surface area contributed by atoms with Crippen molar-refractivity contribution in [2.45, 2.75) is 65.7 Å². The predicted molar refractivity (Wildman–Crippen MR) is 113 cm³/mol. The van der Waals surface area contributed by atoms with Crippen molar-refractivity contribution in [1.82, 2.24) is 9.88 Å². The fourth-order valence-corrected chi connectivity index (χ4v) is 3.54. The summed E-state index contributed by atoms with van der Waals surface area (Å²) < 4.78 is 16.3. The van der Waals surface area contributed by atoms with Gasteiger partial charge in [-0.05, 0) is 33.6 Å². The number of nitrogens with zero attached hydrogens (tertiary/aromatic N) is 2. The van der Waals surface area contributed by atoms with Gasteiger partial charge in [0, 0.05) is 24.9 Å². The van der Waals surface area contributed by atoms with Gasteiger partial charge < -0.3 is 19.1 Å². The fraction of sp³-hybridized carbons (Fsp3) is 0.667. The first-order chi connectivity index (χ1) is 13.5. The molecular formula is C21H32N2O5S. The van der Waals surface area contributed by atoms with E-state index in [0.29, 0.717) is 11.4 Å². The summed E-state index contributed by atoms with van der Waals surface area (Å²) in [6.07, 6.45) is 4.96. The third-order valence-electron chi connectivity index (χ3n) is 4.05. The summed E-state index contributed by atoms with van der Waals surface area (Å²) in [5.41, 5.74) is -0.349. The minimum absolute atomic E-state index is 0.0972. The third kappa shape index (κ3) is 8.03. The number of aromatic nitrogens is 1. The normalized spacial score (nSPS) is 13.5. The lowest BCUT2D eigenvalue weighted by atomic mass is 9.96. The number of carbonyl (C=O) groups is 2. The SMILES string of the molecule is C#CCO[C@H](C[C@H](C(C)C)N(C)C(=O)OC(C)(C)C)c1nc(C(=O)OCC)cs1. The average Bonchev–Trinajstić information content (AvgIpc) is 3.10. The highest BCUT2D eigenvalue weighted by atomic mass is 32.1. The number of carbonyl (C=O) groups excluding carboxylic acids is 2. The molecular weight excluding hydrogens is 392 g/mol. The van der Waals surface area contributed by atoms with Gasteiger partial charge in [0.05, 0.1) is 6.61 Å². The second kappa shape index (κ2) is 11.2. The van der Waals surface area contributed by atoms with Crippen LogP contribution >= 0.6 is 11.3 Å². The molecule has 0 radical (unpaired) electrons. The van der Waals surface area contributed by atoms with Crippen molar-refractivity contribution in [3.63, 3.8) is 0 Å². The largest absolute Gasteiger partial charge is 0.461 e. The molecule has 0 aliphatic heterocycles. The summed E-state index contributed by atoms with van der Waals surface area (Å²) in [7, 11) is 1.71. The van der Waals surface area contributed by atoms with Crippen LogP contribution in [-0.4, -0.2) is 53.9 Å². The number of rotatable bonds is 9. The van der Waals surface area contributed by atoms with Crippen LogP contribution in [0.25, 0.3) is 0 Å². The Hall–Kier alpha value is -2.11. The smallest absolute Gasteiger partial charge is 0.410 e. The molecule has 1 heterocycles. The van der Waals surface area contributed by atoms with Crippen molar-refractivity contribution in [3.05, 3.63) is 16.1 Å². The van der Waals surface area contributed by atoms with Gasteiger partial charge in [0.2, 0.25) is 0 Å². The number of amides is 1. The average molecular weight is 425 g/mol. The molecule has 0 saturated heterocycles. The molecule has 0 aromatic carbocycles. The number of terminal acetylenes is 1. The van der Waals surface area contributed by atoms with Gasteiger partial charge in [0.1, 0.15) is 23.3 Å². The summed E-state index contributed by atoms with van der Waals surface area (Å²) in [5.74, 6) is 2.12. The van der Waals surface area contributed by atoms with Crippen LogP contribution in [0.3, 0.4) is 0 Å². The standard InChI is InChI=1S/C21H32N2O5S/c1-9-11-27-17(18-22-15(13-29-18)19(24)26-10-2)12-16(14(3)4)23(8)20(25)28-21(5,6)7/h1,13-14,16-17H,10-12H2,2-8H3/t16-,17-/m1/s1. The van der Waals surface area contributed by atoms with Crippen LogP contribution in [0, 0.1) is 18.3 Å². The maximum atomic E-state index is 12.6. The Labute approximate surface area is 177 Å². The van der Waals surface area contributed by atoms with Crippen LogP contribution in [0.2, 0.25) is 0 Å². The molecule has 8 heteroatoms. The Kier molecular flexibility index (Phi) is 9.60. The molecule has 1 aromatic heterocycles. The molecule has 0 unspecified atom stereocenters. The molecule has 1 aromatic rings. The van der Waals surface area contributed by atoms with E-state index in [1.165, 1.54) is 11.3 Å². The van der Waals surface area contributed by atoms with Gasteiger partial charge in [-0.25, -0.2) is 14.6 Å². The molecule has 0 saturated carbocycles. The van der Waals surface area contributed by atoms with Crippen molar-refractivity contribution < 1.29 is 23.8 Å². The zero-order chi connectivity index (χ0) is 22.2. The van der Waals surface area contributed by atoms with Crippen LogP contribution in [0.1, 0.15) is 69.6 Å². The van der Waals surface area contributed by atoms with Gasteiger partial charge in [-0.15, -0.1) is 17.8 Å². The minimum Gasteiger partial charge on any atom is -0.461 e. The van der Waals surface area contributed by atoms with Gasteiger partial charge >= 0.3 is 12.1 Å². The molecule has 1 rings (SSSR count). The Bertz CT molecular complexity index is 717. The van der Waals surface area contributed by atoms with E-state index in [2.05, 4.69) is 10.9 Å². The van der Waals surface area contributed by atoms with Crippen LogP contribution in [0.4, 0.5) is 4.79 Å². The fourth-order valence-electron chi connectivity index (χ4n) is 2.69. The Balaban J connectivity index is 3.05. The molecule has 7 nitrogen and oxygen atoms in total. The Morgan fingerprint density at radius 3 is 2.52 bits per heavy atom. The number of esters is 1. The first-order valence-electron chi connectivity index (χ1n) is 9.63.